The normalized spacial score (nSPS) is 24.7. The minimum absolute atomic E-state index is 0.638. The van der Waals surface area contributed by atoms with Gasteiger partial charge in [-0.15, -0.1) is 0 Å². The van der Waals surface area contributed by atoms with Gasteiger partial charge in [-0.25, -0.2) is 0 Å². The van der Waals surface area contributed by atoms with Crippen LogP contribution in [0.4, 0.5) is 0 Å². The summed E-state index contributed by atoms with van der Waals surface area (Å²) in [7, 11) is 0. The molecule has 2 aliphatic carbocycles. The van der Waals surface area contributed by atoms with Crippen molar-refractivity contribution in [2.45, 2.75) is 70.3 Å². The maximum Gasteiger partial charge on any atom is 0.0499 e. The van der Waals surface area contributed by atoms with Crippen molar-refractivity contribution < 1.29 is 0 Å². The van der Waals surface area contributed by atoms with Crippen molar-refractivity contribution in [3.63, 3.8) is 0 Å². The largest absolute Gasteiger partial charge is 0.290 e. The number of hydrogen-bond acceptors (Lipinski definition) is 1. The fourth-order valence-electron chi connectivity index (χ4n) is 2.67. The van der Waals surface area contributed by atoms with E-state index < -0.39 is 0 Å². The van der Waals surface area contributed by atoms with Crippen molar-refractivity contribution in [1.29, 1.82) is 0 Å². The number of nitrogens with zero attached hydrogens (tertiary/aromatic N) is 1. The number of allylic oxidation sites excluding steroid dienone is 2. The molecule has 2 fully saturated rings. The Kier molecular flexibility index (Phi) is 4.43. The molecule has 0 N–H and O–H groups in total. The first-order valence-electron chi connectivity index (χ1n) is 6.66. The van der Waals surface area contributed by atoms with Gasteiger partial charge in [-0.05, 0) is 44.6 Å². The van der Waals surface area contributed by atoms with Crippen molar-refractivity contribution in [3.05, 3.63) is 11.6 Å². The van der Waals surface area contributed by atoms with Crippen LogP contribution in [0.5, 0.6) is 0 Å². The Morgan fingerprint density at radius 1 is 0.867 bits per heavy atom. The minimum Gasteiger partial charge on any atom is -0.290 e. The third kappa shape index (κ3) is 3.81. The summed E-state index contributed by atoms with van der Waals surface area (Å²) in [5.41, 5.74) is 1.63. The predicted molar refractivity (Wildman–Crippen MR) is 66.5 cm³/mol. The van der Waals surface area contributed by atoms with E-state index in [-0.39, 0.29) is 0 Å². The molecule has 0 spiro atoms. The second-order valence-corrected chi connectivity index (χ2v) is 4.98. The van der Waals surface area contributed by atoms with Crippen LogP contribution in [-0.2, 0) is 0 Å². The fourth-order valence-corrected chi connectivity index (χ4v) is 2.67. The van der Waals surface area contributed by atoms with Crippen molar-refractivity contribution in [2.75, 3.05) is 0 Å². The zero-order chi connectivity index (χ0) is 10.3. The highest BCUT2D eigenvalue weighted by Crippen LogP contribution is 2.22. The monoisotopic (exact) mass is 205 g/mol. The van der Waals surface area contributed by atoms with E-state index in [0.717, 1.165) is 0 Å². The Balaban J connectivity index is 1.77. The first-order chi connectivity index (χ1) is 7.45. The summed E-state index contributed by atoms with van der Waals surface area (Å²) in [5, 5.41) is 0. The van der Waals surface area contributed by atoms with E-state index in [1.54, 1.807) is 5.57 Å². The van der Waals surface area contributed by atoms with Crippen LogP contribution in [0, 0.1) is 0 Å². The molecule has 2 rings (SSSR count). The van der Waals surface area contributed by atoms with E-state index in [0.29, 0.717) is 6.04 Å². The van der Waals surface area contributed by atoms with Gasteiger partial charge in [0.1, 0.15) is 0 Å². The fraction of sp³-hybridized carbons (Fsp3) is 0.786. The summed E-state index contributed by atoms with van der Waals surface area (Å²) in [5.74, 6) is 0. The van der Waals surface area contributed by atoms with Gasteiger partial charge in [0, 0.05) is 12.3 Å². The molecule has 0 aliphatic heterocycles. The van der Waals surface area contributed by atoms with Crippen molar-refractivity contribution in [2.24, 2.45) is 4.99 Å². The van der Waals surface area contributed by atoms with E-state index in [2.05, 4.69) is 17.3 Å². The van der Waals surface area contributed by atoms with E-state index in [9.17, 15) is 0 Å². The molecule has 0 aromatic heterocycles. The van der Waals surface area contributed by atoms with E-state index in [1.165, 1.54) is 64.2 Å². The highest BCUT2D eigenvalue weighted by Gasteiger charge is 2.10. The lowest BCUT2D eigenvalue weighted by Gasteiger charge is -2.17. The molecule has 0 heterocycles. The number of aliphatic imine (C=N–C) groups is 1. The molecule has 1 nitrogen and oxygen atoms in total. The van der Waals surface area contributed by atoms with Crippen LogP contribution in [0.2, 0.25) is 0 Å². The first-order valence-corrected chi connectivity index (χ1v) is 6.66. The van der Waals surface area contributed by atoms with Gasteiger partial charge in [-0.3, -0.25) is 4.99 Å². The van der Waals surface area contributed by atoms with Gasteiger partial charge in [-0.1, -0.05) is 31.3 Å². The Bertz CT molecular complexity index is 226. The molecular weight excluding hydrogens is 182 g/mol. The van der Waals surface area contributed by atoms with E-state index >= 15 is 0 Å². The average Bonchev–Trinajstić information content (AvgIpc) is 2.32. The van der Waals surface area contributed by atoms with E-state index in [4.69, 9.17) is 0 Å². The minimum atomic E-state index is 0.638. The molecule has 0 aromatic rings. The van der Waals surface area contributed by atoms with Gasteiger partial charge in [0.05, 0.1) is 0 Å². The van der Waals surface area contributed by atoms with Crippen LogP contribution in [0.25, 0.3) is 0 Å². The second kappa shape index (κ2) is 6.09. The van der Waals surface area contributed by atoms with Crippen molar-refractivity contribution in [3.8, 4) is 0 Å². The zero-order valence-corrected chi connectivity index (χ0v) is 9.75. The molecule has 0 unspecified atom stereocenters. The molecule has 0 atom stereocenters. The topological polar surface area (TPSA) is 12.4 Å². The highest BCUT2D eigenvalue weighted by atomic mass is 14.8. The zero-order valence-electron chi connectivity index (χ0n) is 9.75. The van der Waals surface area contributed by atoms with E-state index in [1.807, 2.05) is 0 Å². The van der Waals surface area contributed by atoms with Gasteiger partial charge in [-0.2, -0.15) is 0 Å². The van der Waals surface area contributed by atoms with Crippen LogP contribution >= 0.6 is 0 Å². The molecule has 0 amide bonds. The maximum atomic E-state index is 4.68. The van der Waals surface area contributed by atoms with Gasteiger partial charge in [0.2, 0.25) is 0 Å². The summed E-state index contributed by atoms with van der Waals surface area (Å²) in [6.07, 6.45) is 18.1. The molecule has 2 saturated carbocycles. The Hall–Kier alpha value is -0.590. The predicted octanol–water partition coefficient (Wildman–Crippen LogP) is 4.28. The molecule has 0 radical (unpaired) electrons. The molecule has 2 aliphatic rings. The summed E-state index contributed by atoms with van der Waals surface area (Å²) in [6.45, 7) is 0. The van der Waals surface area contributed by atoms with Gasteiger partial charge < -0.3 is 0 Å². The Morgan fingerprint density at radius 2 is 1.53 bits per heavy atom. The SMILES string of the molecule is C(C=C1CCCCC1)=NC1CCCCC1. The summed E-state index contributed by atoms with van der Waals surface area (Å²) in [4.78, 5) is 4.68. The Labute approximate surface area is 93.7 Å². The van der Waals surface area contributed by atoms with Crippen LogP contribution in [0.1, 0.15) is 64.2 Å². The molecular formula is C14H23N. The molecule has 0 aromatic carbocycles. The third-order valence-corrected chi connectivity index (χ3v) is 3.68. The average molecular weight is 205 g/mol. The standard InChI is InChI=1S/C14H23N/c1-3-7-13(8-4-1)11-12-15-14-9-5-2-6-10-14/h11-12,14H,1-10H2. The smallest absolute Gasteiger partial charge is 0.0499 e. The van der Waals surface area contributed by atoms with Gasteiger partial charge in [0.25, 0.3) is 0 Å². The van der Waals surface area contributed by atoms with Crippen LogP contribution in [-0.4, -0.2) is 12.3 Å². The lowest BCUT2D eigenvalue weighted by Crippen LogP contribution is -2.09. The quantitative estimate of drug-likeness (QED) is 0.597. The molecule has 15 heavy (non-hydrogen) atoms. The number of hydrogen-bond donors (Lipinski definition) is 0. The lowest BCUT2D eigenvalue weighted by atomic mass is 9.94. The third-order valence-electron chi connectivity index (χ3n) is 3.68. The summed E-state index contributed by atoms with van der Waals surface area (Å²) < 4.78 is 0. The second-order valence-electron chi connectivity index (χ2n) is 4.98. The Morgan fingerprint density at radius 3 is 2.27 bits per heavy atom. The van der Waals surface area contributed by atoms with Crippen LogP contribution in [0.15, 0.2) is 16.6 Å². The van der Waals surface area contributed by atoms with Gasteiger partial charge in [0.15, 0.2) is 0 Å². The molecule has 0 bridgehead atoms. The lowest BCUT2D eigenvalue weighted by molar-refractivity contribution is 0.444. The first kappa shape index (κ1) is 10.9. The molecule has 84 valence electrons. The summed E-state index contributed by atoms with van der Waals surface area (Å²) in [6, 6.07) is 0.638. The van der Waals surface area contributed by atoms with Gasteiger partial charge >= 0.3 is 0 Å². The van der Waals surface area contributed by atoms with Crippen LogP contribution < -0.4 is 0 Å². The molecule has 0 saturated heterocycles. The number of rotatable bonds is 2. The highest BCUT2D eigenvalue weighted by molar-refractivity contribution is 5.72. The summed E-state index contributed by atoms with van der Waals surface area (Å²) >= 11 is 0. The van der Waals surface area contributed by atoms with Crippen molar-refractivity contribution >= 4 is 6.21 Å². The van der Waals surface area contributed by atoms with Crippen LogP contribution in [0.3, 0.4) is 0 Å². The molecule has 1 heteroatoms. The maximum absolute atomic E-state index is 4.68. The van der Waals surface area contributed by atoms with Crippen molar-refractivity contribution in [1.82, 2.24) is 0 Å².